The van der Waals surface area contributed by atoms with Crippen LogP contribution >= 0.6 is 11.6 Å². The summed E-state index contributed by atoms with van der Waals surface area (Å²) in [4.78, 5) is 0. The van der Waals surface area contributed by atoms with Gasteiger partial charge in [0.15, 0.2) is 0 Å². The fraction of sp³-hybridized carbons (Fsp3) is 0.280. The Morgan fingerprint density at radius 1 is 0.929 bits per heavy atom. The summed E-state index contributed by atoms with van der Waals surface area (Å²) in [7, 11) is 1.63. The van der Waals surface area contributed by atoms with E-state index in [9.17, 15) is 0 Å². The van der Waals surface area contributed by atoms with Crippen LogP contribution < -0.4 is 4.74 Å². The van der Waals surface area contributed by atoms with Crippen LogP contribution in [0.3, 0.4) is 0 Å². The molecule has 0 spiro atoms. The number of ether oxygens (including phenoxy) is 1. The van der Waals surface area contributed by atoms with E-state index in [-0.39, 0.29) is 16.3 Å². The first-order valence-electron chi connectivity index (χ1n) is 9.69. The van der Waals surface area contributed by atoms with E-state index in [2.05, 4.69) is 51.1 Å². The third kappa shape index (κ3) is 2.74. The fourth-order valence-electron chi connectivity index (χ4n) is 4.37. The van der Waals surface area contributed by atoms with Crippen molar-refractivity contribution >= 4 is 11.6 Å². The highest BCUT2D eigenvalue weighted by molar-refractivity contribution is 6.31. The van der Waals surface area contributed by atoms with Gasteiger partial charge in [-0.2, -0.15) is 0 Å². The molecule has 0 fully saturated rings. The molecule has 0 heterocycles. The summed E-state index contributed by atoms with van der Waals surface area (Å²) in [5, 5.41) is 0.211. The van der Waals surface area contributed by atoms with Crippen molar-refractivity contribution in [2.75, 3.05) is 7.11 Å². The molecule has 0 unspecified atom stereocenters. The minimum Gasteiger partial charge on any atom is -0.496 e. The molecule has 0 amide bonds. The van der Waals surface area contributed by atoms with Crippen LogP contribution in [-0.4, -0.2) is 7.11 Å². The molecule has 0 N–H and O–H groups in total. The summed E-state index contributed by atoms with van der Waals surface area (Å²) < 4.78 is 20.9. The normalized spacial score (nSPS) is 13.9. The predicted molar refractivity (Wildman–Crippen MR) is 115 cm³/mol. The van der Waals surface area contributed by atoms with Crippen molar-refractivity contribution in [3.63, 3.8) is 0 Å². The lowest BCUT2D eigenvalue weighted by Gasteiger charge is -2.22. The SMILES string of the molecule is CCCc1ccc(-c2cc3c(cc2OC)C(C)(C)c2ccccc2-3)c(F)c1Cl. The summed E-state index contributed by atoms with van der Waals surface area (Å²) in [5.41, 5.74) is 6.73. The maximum absolute atomic E-state index is 15.2. The molecule has 0 saturated carbocycles. The number of hydrogen-bond donors (Lipinski definition) is 0. The third-order valence-electron chi connectivity index (χ3n) is 5.88. The second-order valence-electron chi connectivity index (χ2n) is 7.92. The molecule has 0 radical (unpaired) electrons. The first-order chi connectivity index (χ1) is 13.4. The van der Waals surface area contributed by atoms with E-state index < -0.39 is 0 Å². The number of methoxy groups -OCH3 is 1. The van der Waals surface area contributed by atoms with Gasteiger partial charge in [0.05, 0.1) is 12.1 Å². The van der Waals surface area contributed by atoms with Crippen LogP contribution in [0.1, 0.15) is 43.9 Å². The Labute approximate surface area is 171 Å². The van der Waals surface area contributed by atoms with Gasteiger partial charge in [0, 0.05) is 16.5 Å². The summed E-state index contributed by atoms with van der Waals surface area (Å²) >= 11 is 6.35. The van der Waals surface area contributed by atoms with E-state index in [4.69, 9.17) is 16.3 Å². The first-order valence-corrected chi connectivity index (χ1v) is 10.1. The van der Waals surface area contributed by atoms with Crippen LogP contribution in [-0.2, 0) is 11.8 Å². The van der Waals surface area contributed by atoms with Gasteiger partial charge in [-0.25, -0.2) is 4.39 Å². The van der Waals surface area contributed by atoms with Gasteiger partial charge in [-0.15, -0.1) is 0 Å². The smallest absolute Gasteiger partial charge is 0.150 e. The molecule has 0 atom stereocenters. The summed E-state index contributed by atoms with van der Waals surface area (Å²) in [6.07, 6.45) is 1.69. The molecule has 1 aliphatic rings. The first kappa shape index (κ1) is 19.0. The van der Waals surface area contributed by atoms with Gasteiger partial charge >= 0.3 is 0 Å². The van der Waals surface area contributed by atoms with E-state index in [0.717, 1.165) is 29.5 Å². The monoisotopic (exact) mass is 394 g/mol. The van der Waals surface area contributed by atoms with Crippen LogP contribution in [0, 0.1) is 5.82 Å². The molecule has 1 aliphatic carbocycles. The molecule has 3 aromatic rings. The Hall–Kier alpha value is -2.32. The van der Waals surface area contributed by atoms with Gasteiger partial charge in [-0.05, 0) is 46.4 Å². The zero-order valence-electron chi connectivity index (χ0n) is 16.7. The Bertz CT molecular complexity index is 1070. The lowest BCUT2D eigenvalue weighted by molar-refractivity contribution is 0.415. The van der Waals surface area contributed by atoms with Gasteiger partial charge in [0.25, 0.3) is 0 Å². The molecule has 0 aliphatic heterocycles. The molecule has 3 heteroatoms. The topological polar surface area (TPSA) is 9.23 Å². The molecular formula is C25H24ClFO. The maximum atomic E-state index is 15.2. The van der Waals surface area contributed by atoms with Gasteiger partial charge in [0.2, 0.25) is 0 Å². The van der Waals surface area contributed by atoms with E-state index in [1.165, 1.54) is 16.7 Å². The van der Waals surface area contributed by atoms with E-state index in [1.807, 2.05) is 18.2 Å². The quantitative estimate of drug-likeness (QED) is 0.447. The average molecular weight is 395 g/mol. The Kier molecular flexibility index (Phi) is 4.71. The van der Waals surface area contributed by atoms with E-state index >= 15 is 4.39 Å². The van der Waals surface area contributed by atoms with E-state index in [0.29, 0.717) is 11.3 Å². The van der Waals surface area contributed by atoms with Crippen molar-refractivity contribution < 1.29 is 9.13 Å². The standard InChI is InChI=1S/C25H24ClFO/c1-5-8-15-11-12-17(24(27)23(15)26)19-13-18-16-9-6-7-10-20(16)25(2,3)21(18)14-22(19)28-4/h6-7,9-14H,5,8H2,1-4H3. The highest BCUT2D eigenvalue weighted by Gasteiger charge is 2.36. The fourth-order valence-corrected chi connectivity index (χ4v) is 4.63. The third-order valence-corrected chi connectivity index (χ3v) is 6.28. The number of hydrogen-bond acceptors (Lipinski definition) is 1. The second kappa shape index (κ2) is 6.93. The van der Waals surface area contributed by atoms with Gasteiger partial charge < -0.3 is 4.74 Å². The van der Waals surface area contributed by atoms with Gasteiger partial charge in [-0.1, -0.05) is 75.2 Å². The van der Waals surface area contributed by atoms with E-state index in [1.54, 1.807) is 7.11 Å². The molecule has 3 aromatic carbocycles. The molecule has 4 rings (SSSR count). The molecule has 0 saturated heterocycles. The van der Waals surface area contributed by atoms with Crippen LogP contribution in [0.25, 0.3) is 22.3 Å². The van der Waals surface area contributed by atoms with Crippen molar-refractivity contribution in [2.45, 2.75) is 39.0 Å². The van der Waals surface area contributed by atoms with Gasteiger partial charge in [-0.3, -0.25) is 0 Å². The Balaban J connectivity index is 1.96. The highest BCUT2D eigenvalue weighted by Crippen LogP contribution is 2.52. The molecule has 144 valence electrons. The average Bonchev–Trinajstić information content (AvgIpc) is 2.92. The van der Waals surface area contributed by atoms with Crippen LogP contribution in [0.4, 0.5) is 4.39 Å². The predicted octanol–water partition coefficient (Wildman–Crippen LogP) is 7.41. The largest absolute Gasteiger partial charge is 0.496 e. The zero-order valence-corrected chi connectivity index (χ0v) is 17.5. The van der Waals surface area contributed by atoms with Crippen LogP contribution in [0.5, 0.6) is 5.75 Å². The van der Waals surface area contributed by atoms with Crippen molar-refractivity contribution in [2.24, 2.45) is 0 Å². The Morgan fingerprint density at radius 2 is 1.68 bits per heavy atom. The maximum Gasteiger partial charge on any atom is 0.150 e. The van der Waals surface area contributed by atoms with Crippen LogP contribution in [0.15, 0.2) is 48.5 Å². The van der Waals surface area contributed by atoms with Crippen molar-refractivity contribution in [1.29, 1.82) is 0 Å². The second-order valence-corrected chi connectivity index (χ2v) is 8.30. The lowest BCUT2D eigenvalue weighted by Crippen LogP contribution is -2.15. The van der Waals surface area contributed by atoms with Crippen LogP contribution in [0.2, 0.25) is 5.02 Å². The lowest BCUT2D eigenvalue weighted by atomic mass is 9.82. The molecule has 0 aromatic heterocycles. The minimum absolute atomic E-state index is 0.126. The van der Waals surface area contributed by atoms with Crippen molar-refractivity contribution in [3.05, 3.63) is 76.1 Å². The van der Waals surface area contributed by atoms with Crippen molar-refractivity contribution in [3.8, 4) is 28.0 Å². The molecular weight excluding hydrogens is 371 g/mol. The number of benzene rings is 3. The summed E-state index contributed by atoms with van der Waals surface area (Å²) in [5.74, 6) is 0.286. The number of aryl methyl sites for hydroxylation is 1. The Morgan fingerprint density at radius 3 is 2.39 bits per heavy atom. The molecule has 0 bridgehead atoms. The molecule has 28 heavy (non-hydrogen) atoms. The summed E-state index contributed by atoms with van der Waals surface area (Å²) in [6.45, 7) is 6.49. The number of halogens is 2. The minimum atomic E-state index is -0.378. The number of rotatable bonds is 4. The highest BCUT2D eigenvalue weighted by atomic mass is 35.5. The molecule has 1 nitrogen and oxygen atoms in total. The van der Waals surface area contributed by atoms with Crippen molar-refractivity contribution in [1.82, 2.24) is 0 Å². The number of fused-ring (bicyclic) bond motifs is 3. The summed E-state index contributed by atoms with van der Waals surface area (Å²) in [6, 6.07) is 16.3. The van der Waals surface area contributed by atoms with Gasteiger partial charge in [0.1, 0.15) is 11.6 Å². The zero-order chi connectivity index (χ0) is 20.1.